The molecule has 0 aliphatic carbocycles. The molecule has 0 saturated heterocycles. The van der Waals surface area contributed by atoms with Crippen molar-refractivity contribution in [2.75, 3.05) is 5.75 Å². The van der Waals surface area contributed by atoms with E-state index >= 15 is 0 Å². The van der Waals surface area contributed by atoms with Crippen molar-refractivity contribution in [1.82, 2.24) is 14.8 Å². The van der Waals surface area contributed by atoms with Crippen LogP contribution in [-0.2, 0) is 6.54 Å². The number of Topliss-reactive ketones (excluding diaryl/α,β-unsaturated/α-hetero) is 1. The predicted octanol–water partition coefficient (Wildman–Crippen LogP) is 2.10. The number of aromatic nitrogens is 3. The van der Waals surface area contributed by atoms with Gasteiger partial charge in [-0.05, 0) is 18.6 Å². The van der Waals surface area contributed by atoms with Crippen LogP contribution >= 0.6 is 11.8 Å². The van der Waals surface area contributed by atoms with Gasteiger partial charge in [-0.1, -0.05) is 30.8 Å². The molecule has 1 aromatic carbocycles. The normalized spacial score (nSPS) is 10.7. The number of ketones is 1. The molecule has 7 heteroatoms. The SMILES string of the molecule is CCCn1c(SCC(=O)c2cccc(F)c2)n[nH]c1=O. The van der Waals surface area contributed by atoms with Gasteiger partial charge in [0.1, 0.15) is 5.82 Å². The van der Waals surface area contributed by atoms with Crippen LogP contribution in [0.2, 0.25) is 0 Å². The maximum Gasteiger partial charge on any atom is 0.343 e. The molecule has 0 bridgehead atoms. The fourth-order valence-corrected chi connectivity index (χ4v) is 2.58. The summed E-state index contributed by atoms with van der Waals surface area (Å²) < 4.78 is 14.5. The first-order chi connectivity index (χ1) is 9.61. The van der Waals surface area contributed by atoms with Crippen molar-refractivity contribution in [3.8, 4) is 0 Å². The first kappa shape index (κ1) is 14.5. The predicted molar refractivity (Wildman–Crippen MR) is 74.6 cm³/mol. The van der Waals surface area contributed by atoms with Gasteiger partial charge in [0.25, 0.3) is 0 Å². The first-order valence-corrected chi connectivity index (χ1v) is 7.17. The highest BCUT2D eigenvalue weighted by molar-refractivity contribution is 7.99. The molecule has 0 atom stereocenters. The topological polar surface area (TPSA) is 67.8 Å². The number of halogens is 1. The zero-order valence-corrected chi connectivity index (χ0v) is 11.7. The van der Waals surface area contributed by atoms with Crippen molar-refractivity contribution in [2.24, 2.45) is 0 Å². The van der Waals surface area contributed by atoms with Crippen LogP contribution in [0.15, 0.2) is 34.2 Å². The van der Waals surface area contributed by atoms with Crippen LogP contribution in [0.3, 0.4) is 0 Å². The average molecular weight is 295 g/mol. The number of rotatable bonds is 6. The summed E-state index contributed by atoms with van der Waals surface area (Å²) >= 11 is 1.17. The molecule has 0 saturated carbocycles. The molecule has 0 fully saturated rings. The van der Waals surface area contributed by atoms with Crippen LogP contribution in [0.1, 0.15) is 23.7 Å². The van der Waals surface area contributed by atoms with E-state index in [2.05, 4.69) is 10.2 Å². The van der Waals surface area contributed by atoms with E-state index in [9.17, 15) is 14.0 Å². The minimum Gasteiger partial charge on any atom is -0.293 e. The molecule has 2 rings (SSSR count). The number of hydrogen-bond acceptors (Lipinski definition) is 4. The highest BCUT2D eigenvalue weighted by atomic mass is 32.2. The number of nitrogens with zero attached hydrogens (tertiary/aromatic N) is 2. The van der Waals surface area contributed by atoms with Gasteiger partial charge in [-0.15, -0.1) is 5.10 Å². The van der Waals surface area contributed by atoms with Gasteiger partial charge in [0, 0.05) is 12.1 Å². The Hall–Kier alpha value is -1.89. The Morgan fingerprint density at radius 2 is 2.30 bits per heavy atom. The Kier molecular flexibility index (Phi) is 4.73. The van der Waals surface area contributed by atoms with Crippen molar-refractivity contribution in [2.45, 2.75) is 25.0 Å². The molecule has 0 radical (unpaired) electrons. The first-order valence-electron chi connectivity index (χ1n) is 6.18. The molecule has 1 heterocycles. The molecule has 5 nitrogen and oxygen atoms in total. The third-order valence-corrected chi connectivity index (χ3v) is 3.63. The van der Waals surface area contributed by atoms with Gasteiger partial charge in [-0.25, -0.2) is 14.3 Å². The van der Waals surface area contributed by atoms with Crippen LogP contribution in [0.5, 0.6) is 0 Å². The highest BCUT2D eigenvalue weighted by Crippen LogP contribution is 2.16. The Balaban J connectivity index is 2.05. The summed E-state index contributed by atoms with van der Waals surface area (Å²) in [6.45, 7) is 2.50. The van der Waals surface area contributed by atoms with E-state index in [4.69, 9.17) is 0 Å². The van der Waals surface area contributed by atoms with Gasteiger partial charge in [0.05, 0.1) is 5.75 Å². The summed E-state index contributed by atoms with van der Waals surface area (Å²) in [4.78, 5) is 23.4. The Bertz CT molecular complexity index is 666. The summed E-state index contributed by atoms with van der Waals surface area (Å²) in [5.41, 5.74) is 0.0324. The molecule has 2 aromatic rings. The number of nitrogens with one attached hydrogen (secondary N) is 1. The van der Waals surface area contributed by atoms with Gasteiger partial charge in [-0.2, -0.15) is 0 Å². The second kappa shape index (κ2) is 6.51. The molecule has 0 amide bonds. The smallest absolute Gasteiger partial charge is 0.293 e. The van der Waals surface area contributed by atoms with E-state index in [-0.39, 0.29) is 17.2 Å². The molecule has 0 aliphatic rings. The van der Waals surface area contributed by atoms with E-state index in [0.717, 1.165) is 6.42 Å². The van der Waals surface area contributed by atoms with Gasteiger partial charge in [0.2, 0.25) is 0 Å². The van der Waals surface area contributed by atoms with Crippen molar-refractivity contribution in [3.05, 3.63) is 46.1 Å². The molecule has 1 N–H and O–H groups in total. The quantitative estimate of drug-likeness (QED) is 0.654. The number of carbonyl (C=O) groups excluding carboxylic acids is 1. The Morgan fingerprint density at radius 3 is 3.00 bits per heavy atom. The lowest BCUT2D eigenvalue weighted by Gasteiger charge is -2.03. The number of aromatic amines is 1. The van der Waals surface area contributed by atoms with Crippen molar-refractivity contribution in [1.29, 1.82) is 0 Å². The number of benzene rings is 1. The van der Waals surface area contributed by atoms with Crippen LogP contribution < -0.4 is 5.69 Å². The maximum absolute atomic E-state index is 13.0. The second-order valence-corrected chi connectivity index (χ2v) is 5.13. The van der Waals surface area contributed by atoms with E-state index in [0.29, 0.717) is 17.3 Å². The molecule has 20 heavy (non-hydrogen) atoms. The lowest BCUT2D eigenvalue weighted by Crippen LogP contribution is -2.17. The van der Waals surface area contributed by atoms with Gasteiger partial charge >= 0.3 is 5.69 Å². The van der Waals surface area contributed by atoms with Crippen molar-refractivity contribution >= 4 is 17.5 Å². The standard InChI is InChI=1S/C13H14FN3O2S/c1-2-6-17-12(19)15-16-13(17)20-8-11(18)9-4-3-5-10(14)7-9/h3-5,7H,2,6,8H2,1H3,(H,15,19). The number of H-pyrrole nitrogens is 1. The van der Waals surface area contributed by atoms with Crippen LogP contribution in [-0.4, -0.2) is 26.3 Å². The summed E-state index contributed by atoms with van der Waals surface area (Å²) in [6, 6.07) is 5.55. The monoisotopic (exact) mass is 295 g/mol. The Labute approximate surface area is 119 Å². The molecule has 1 aromatic heterocycles. The minimum absolute atomic E-state index is 0.109. The average Bonchev–Trinajstić information content (AvgIpc) is 2.78. The third kappa shape index (κ3) is 3.36. The Morgan fingerprint density at radius 1 is 1.50 bits per heavy atom. The number of thioether (sulfide) groups is 1. The zero-order chi connectivity index (χ0) is 14.5. The number of carbonyl (C=O) groups is 1. The fraction of sp³-hybridized carbons (Fsp3) is 0.308. The van der Waals surface area contributed by atoms with Crippen molar-refractivity contribution < 1.29 is 9.18 Å². The molecule has 106 valence electrons. The molecule has 0 unspecified atom stereocenters. The van der Waals surface area contributed by atoms with Crippen LogP contribution in [0.4, 0.5) is 4.39 Å². The molecular weight excluding hydrogens is 281 g/mol. The summed E-state index contributed by atoms with van der Waals surface area (Å²) in [6.07, 6.45) is 0.796. The molecule has 0 aliphatic heterocycles. The van der Waals surface area contributed by atoms with Crippen LogP contribution in [0.25, 0.3) is 0 Å². The molecular formula is C13H14FN3O2S. The second-order valence-electron chi connectivity index (χ2n) is 4.19. The van der Waals surface area contributed by atoms with Crippen LogP contribution in [0, 0.1) is 5.82 Å². The molecule has 0 spiro atoms. The van der Waals surface area contributed by atoms with Gasteiger partial charge < -0.3 is 0 Å². The van der Waals surface area contributed by atoms with Gasteiger partial charge in [0.15, 0.2) is 10.9 Å². The van der Waals surface area contributed by atoms with E-state index in [1.165, 1.54) is 34.5 Å². The van der Waals surface area contributed by atoms with E-state index in [1.54, 1.807) is 6.07 Å². The largest absolute Gasteiger partial charge is 0.343 e. The maximum atomic E-state index is 13.0. The zero-order valence-electron chi connectivity index (χ0n) is 10.9. The summed E-state index contributed by atoms with van der Waals surface area (Å²) in [5, 5.41) is 6.71. The van der Waals surface area contributed by atoms with Crippen molar-refractivity contribution in [3.63, 3.8) is 0 Å². The lowest BCUT2D eigenvalue weighted by molar-refractivity contribution is 0.102. The minimum atomic E-state index is -0.441. The lowest BCUT2D eigenvalue weighted by atomic mass is 10.1. The van der Waals surface area contributed by atoms with E-state index in [1.807, 2.05) is 6.92 Å². The number of hydrogen-bond donors (Lipinski definition) is 1. The van der Waals surface area contributed by atoms with E-state index < -0.39 is 5.82 Å². The fourth-order valence-electron chi connectivity index (χ4n) is 1.71. The van der Waals surface area contributed by atoms with Gasteiger partial charge in [-0.3, -0.25) is 9.36 Å². The summed E-state index contributed by atoms with van der Waals surface area (Å²) in [5.74, 6) is -0.534. The highest BCUT2D eigenvalue weighted by Gasteiger charge is 2.12. The third-order valence-electron chi connectivity index (χ3n) is 2.65. The summed E-state index contributed by atoms with van der Waals surface area (Å²) in [7, 11) is 0.